The standard InChI is InChI=1S/C10H19N5O/c1-3-11-10-14-13-9(15(10)4-2)8-5-7(16)6-12-8/h7-8,12,16H,3-6H2,1-2H3,(H,11,14)/t7-,8-/m1/s1. The number of aliphatic hydroxyl groups is 1. The van der Waals surface area contributed by atoms with Gasteiger partial charge in [0.25, 0.3) is 0 Å². The molecule has 0 aliphatic carbocycles. The second-order valence-electron chi connectivity index (χ2n) is 4.01. The van der Waals surface area contributed by atoms with E-state index in [0.29, 0.717) is 13.0 Å². The molecule has 2 atom stereocenters. The van der Waals surface area contributed by atoms with Crippen LogP contribution in [0, 0.1) is 0 Å². The third kappa shape index (κ3) is 2.03. The van der Waals surface area contributed by atoms with Gasteiger partial charge in [-0.15, -0.1) is 10.2 Å². The predicted octanol–water partition coefficient (Wildman–Crippen LogP) is 0.125. The maximum absolute atomic E-state index is 9.50. The van der Waals surface area contributed by atoms with Gasteiger partial charge in [0.05, 0.1) is 12.1 Å². The lowest BCUT2D eigenvalue weighted by Crippen LogP contribution is -2.19. The first-order valence-corrected chi connectivity index (χ1v) is 5.84. The lowest BCUT2D eigenvalue weighted by atomic mass is 10.2. The predicted molar refractivity (Wildman–Crippen MR) is 61.2 cm³/mol. The lowest BCUT2D eigenvalue weighted by Gasteiger charge is -2.12. The van der Waals surface area contributed by atoms with Crippen LogP contribution in [0.3, 0.4) is 0 Å². The van der Waals surface area contributed by atoms with Crippen LogP contribution in [0.5, 0.6) is 0 Å². The van der Waals surface area contributed by atoms with Gasteiger partial charge in [-0.05, 0) is 20.3 Å². The molecule has 1 aromatic heterocycles. The highest BCUT2D eigenvalue weighted by atomic mass is 16.3. The third-order valence-electron chi connectivity index (χ3n) is 2.85. The maximum Gasteiger partial charge on any atom is 0.224 e. The summed E-state index contributed by atoms with van der Waals surface area (Å²) in [5.74, 6) is 1.72. The van der Waals surface area contributed by atoms with Crippen LogP contribution < -0.4 is 10.6 Å². The van der Waals surface area contributed by atoms with Gasteiger partial charge in [-0.3, -0.25) is 4.57 Å². The van der Waals surface area contributed by atoms with Gasteiger partial charge in [-0.2, -0.15) is 0 Å². The van der Waals surface area contributed by atoms with Crippen molar-refractivity contribution in [3.05, 3.63) is 5.82 Å². The largest absolute Gasteiger partial charge is 0.392 e. The second kappa shape index (κ2) is 4.80. The Hall–Kier alpha value is -1.14. The molecule has 0 radical (unpaired) electrons. The summed E-state index contributed by atoms with van der Waals surface area (Å²) in [4.78, 5) is 0. The van der Waals surface area contributed by atoms with Crippen LogP contribution in [0.1, 0.15) is 32.1 Å². The zero-order chi connectivity index (χ0) is 11.5. The van der Waals surface area contributed by atoms with Gasteiger partial charge in [0.1, 0.15) is 0 Å². The minimum atomic E-state index is -0.269. The molecule has 0 bridgehead atoms. The number of nitrogens with one attached hydrogen (secondary N) is 2. The molecule has 90 valence electrons. The van der Waals surface area contributed by atoms with Crippen molar-refractivity contribution >= 4 is 5.95 Å². The molecule has 0 saturated carbocycles. The SMILES string of the molecule is CCNc1nnc([C@H]2C[C@@H](O)CN2)n1CC. The Labute approximate surface area is 95.1 Å². The van der Waals surface area contributed by atoms with Crippen molar-refractivity contribution in [2.75, 3.05) is 18.4 Å². The average molecular weight is 225 g/mol. The molecule has 1 aliphatic rings. The molecule has 2 rings (SSSR count). The van der Waals surface area contributed by atoms with Crippen LogP contribution in [-0.4, -0.2) is 39.1 Å². The van der Waals surface area contributed by atoms with E-state index in [9.17, 15) is 5.11 Å². The van der Waals surface area contributed by atoms with E-state index in [0.717, 1.165) is 24.9 Å². The van der Waals surface area contributed by atoms with E-state index in [2.05, 4.69) is 32.3 Å². The Bertz CT molecular complexity index is 351. The fourth-order valence-corrected chi connectivity index (χ4v) is 2.09. The van der Waals surface area contributed by atoms with Gasteiger partial charge in [0.15, 0.2) is 5.82 Å². The average Bonchev–Trinajstić information content (AvgIpc) is 2.85. The summed E-state index contributed by atoms with van der Waals surface area (Å²) in [7, 11) is 0. The number of aliphatic hydroxyl groups excluding tert-OH is 1. The number of hydrogen-bond donors (Lipinski definition) is 3. The molecule has 6 nitrogen and oxygen atoms in total. The molecule has 3 N–H and O–H groups in total. The summed E-state index contributed by atoms with van der Waals surface area (Å²) in [5, 5.41) is 24.3. The number of rotatable bonds is 4. The molecule has 16 heavy (non-hydrogen) atoms. The Balaban J connectivity index is 2.20. The zero-order valence-corrected chi connectivity index (χ0v) is 9.77. The van der Waals surface area contributed by atoms with Crippen LogP contribution in [0.2, 0.25) is 0 Å². The quantitative estimate of drug-likeness (QED) is 0.679. The lowest BCUT2D eigenvalue weighted by molar-refractivity contribution is 0.192. The summed E-state index contributed by atoms with van der Waals surface area (Å²) in [6, 6.07) is 0.120. The molecular weight excluding hydrogens is 206 g/mol. The fraction of sp³-hybridized carbons (Fsp3) is 0.800. The molecule has 1 aliphatic heterocycles. The summed E-state index contributed by atoms with van der Waals surface area (Å²) in [6.07, 6.45) is 0.444. The molecule has 0 unspecified atom stereocenters. The second-order valence-corrected chi connectivity index (χ2v) is 4.01. The zero-order valence-electron chi connectivity index (χ0n) is 9.77. The first-order chi connectivity index (χ1) is 7.76. The van der Waals surface area contributed by atoms with Gasteiger partial charge < -0.3 is 15.7 Å². The van der Waals surface area contributed by atoms with E-state index >= 15 is 0 Å². The highest BCUT2D eigenvalue weighted by molar-refractivity contribution is 5.26. The molecule has 0 spiro atoms. The minimum Gasteiger partial charge on any atom is -0.392 e. The van der Waals surface area contributed by atoms with Crippen molar-refractivity contribution in [2.45, 2.75) is 39.0 Å². The van der Waals surface area contributed by atoms with Gasteiger partial charge >= 0.3 is 0 Å². The van der Waals surface area contributed by atoms with E-state index in [1.54, 1.807) is 0 Å². The van der Waals surface area contributed by atoms with Crippen LogP contribution in [-0.2, 0) is 6.54 Å². The molecular formula is C10H19N5O. The van der Waals surface area contributed by atoms with E-state index in [1.165, 1.54) is 0 Å². The summed E-state index contributed by atoms with van der Waals surface area (Å²) in [6.45, 7) is 6.40. The topological polar surface area (TPSA) is 75.0 Å². The fourth-order valence-electron chi connectivity index (χ4n) is 2.09. The number of β-amino-alcohol motifs (C(OH)–C–C–N with tert-alkyl or cyclic N) is 1. The Morgan fingerprint density at radius 2 is 2.31 bits per heavy atom. The monoisotopic (exact) mass is 225 g/mol. The highest BCUT2D eigenvalue weighted by Crippen LogP contribution is 2.23. The molecule has 1 fully saturated rings. The van der Waals surface area contributed by atoms with Crippen LogP contribution >= 0.6 is 0 Å². The summed E-state index contributed by atoms with van der Waals surface area (Å²) < 4.78 is 2.05. The number of aromatic nitrogens is 3. The Morgan fingerprint density at radius 3 is 2.88 bits per heavy atom. The van der Waals surface area contributed by atoms with Crippen molar-refractivity contribution in [1.82, 2.24) is 20.1 Å². The van der Waals surface area contributed by atoms with Crippen LogP contribution in [0.15, 0.2) is 0 Å². The molecule has 0 aromatic carbocycles. The molecule has 2 heterocycles. The van der Waals surface area contributed by atoms with E-state index in [-0.39, 0.29) is 12.1 Å². The number of anilines is 1. The maximum atomic E-state index is 9.50. The molecule has 0 amide bonds. The van der Waals surface area contributed by atoms with E-state index < -0.39 is 0 Å². The third-order valence-corrected chi connectivity index (χ3v) is 2.85. The molecule has 6 heteroatoms. The first-order valence-electron chi connectivity index (χ1n) is 5.84. The Kier molecular flexibility index (Phi) is 3.40. The van der Waals surface area contributed by atoms with E-state index in [1.807, 2.05) is 6.92 Å². The van der Waals surface area contributed by atoms with Crippen molar-refractivity contribution < 1.29 is 5.11 Å². The molecule has 1 saturated heterocycles. The van der Waals surface area contributed by atoms with Crippen molar-refractivity contribution in [3.8, 4) is 0 Å². The minimum absolute atomic E-state index is 0.120. The smallest absolute Gasteiger partial charge is 0.224 e. The number of hydrogen-bond acceptors (Lipinski definition) is 5. The van der Waals surface area contributed by atoms with Crippen LogP contribution in [0.25, 0.3) is 0 Å². The van der Waals surface area contributed by atoms with Crippen molar-refractivity contribution in [1.29, 1.82) is 0 Å². The normalized spacial score (nSPS) is 24.9. The van der Waals surface area contributed by atoms with Gasteiger partial charge in [-0.1, -0.05) is 0 Å². The van der Waals surface area contributed by atoms with E-state index in [4.69, 9.17) is 0 Å². The highest BCUT2D eigenvalue weighted by Gasteiger charge is 2.28. The summed E-state index contributed by atoms with van der Waals surface area (Å²) in [5.41, 5.74) is 0. The first kappa shape index (κ1) is 11.3. The van der Waals surface area contributed by atoms with Gasteiger partial charge in [0.2, 0.25) is 5.95 Å². The van der Waals surface area contributed by atoms with Crippen molar-refractivity contribution in [3.63, 3.8) is 0 Å². The summed E-state index contributed by atoms with van der Waals surface area (Å²) >= 11 is 0. The molecule has 1 aromatic rings. The van der Waals surface area contributed by atoms with Crippen LogP contribution in [0.4, 0.5) is 5.95 Å². The van der Waals surface area contributed by atoms with Crippen molar-refractivity contribution in [2.24, 2.45) is 0 Å². The number of nitrogens with zero attached hydrogens (tertiary/aromatic N) is 3. The van der Waals surface area contributed by atoms with Gasteiger partial charge in [-0.25, -0.2) is 0 Å². The van der Waals surface area contributed by atoms with Gasteiger partial charge in [0, 0.05) is 19.6 Å². The Morgan fingerprint density at radius 1 is 1.50 bits per heavy atom.